The Morgan fingerprint density at radius 3 is 2.65 bits per heavy atom. The molecule has 0 aliphatic carbocycles. The molecule has 0 aliphatic heterocycles. The second kappa shape index (κ2) is 5.65. The van der Waals surface area contributed by atoms with Crippen molar-refractivity contribution in [3.05, 3.63) is 72.3 Å². The molecule has 2 aromatic heterocycles. The fourth-order valence-electron chi connectivity index (χ4n) is 2.18. The maximum absolute atomic E-state index is 4.38. The Morgan fingerprint density at radius 1 is 1.05 bits per heavy atom. The molecule has 3 aromatic rings. The summed E-state index contributed by atoms with van der Waals surface area (Å²) in [6.07, 6.45) is 8.07. The standard InChI is InChI=1S/C16H18N4/c1-19-8-7-15(11-19)9-17-16-10-18-20(13-16)12-14-5-3-2-4-6-14/h2-8,10-11,13,17H,9,12H2,1H3. The van der Waals surface area contributed by atoms with Crippen LogP contribution in [0.4, 0.5) is 5.69 Å². The SMILES string of the molecule is Cn1ccc(CNc2cnn(Cc3ccccc3)c2)c1. The van der Waals surface area contributed by atoms with Crippen LogP contribution in [0, 0.1) is 0 Å². The Labute approximate surface area is 118 Å². The number of hydrogen-bond donors (Lipinski definition) is 1. The van der Waals surface area contributed by atoms with Crippen LogP contribution in [0.5, 0.6) is 0 Å². The molecule has 0 saturated carbocycles. The quantitative estimate of drug-likeness (QED) is 0.770. The average Bonchev–Trinajstić information content (AvgIpc) is 3.07. The zero-order valence-electron chi connectivity index (χ0n) is 11.5. The third-order valence-corrected chi connectivity index (χ3v) is 3.21. The second-order valence-electron chi connectivity index (χ2n) is 4.95. The summed E-state index contributed by atoms with van der Waals surface area (Å²) in [4.78, 5) is 0. The highest BCUT2D eigenvalue weighted by Gasteiger charge is 2.00. The summed E-state index contributed by atoms with van der Waals surface area (Å²) in [5.74, 6) is 0. The molecule has 0 radical (unpaired) electrons. The Kier molecular flexibility index (Phi) is 3.54. The van der Waals surface area contributed by atoms with Crippen LogP contribution in [0.25, 0.3) is 0 Å². The monoisotopic (exact) mass is 266 g/mol. The summed E-state index contributed by atoms with van der Waals surface area (Å²) in [5.41, 5.74) is 3.57. The Bertz CT molecular complexity index is 667. The number of nitrogens with one attached hydrogen (secondary N) is 1. The molecular weight excluding hydrogens is 248 g/mol. The van der Waals surface area contributed by atoms with Gasteiger partial charge in [-0.05, 0) is 17.2 Å². The molecule has 1 aromatic carbocycles. The molecule has 0 fully saturated rings. The average molecular weight is 266 g/mol. The van der Waals surface area contributed by atoms with E-state index in [1.54, 1.807) is 0 Å². The van der Waals surface area contributed by atoms with E-state index in [2.05, 4.69) is 45.6 Å². The highest BCUT2D eigenvalue weighted by molar-refractivity contribution is 5.39. The minimum absolute atomic E-state index is 0.799. The van der Waals surface area contributed by atoms with E-state index in [0.29, 0.717) is 0 Å². The van der Waals surface area contributed by atoms with Gasteiger partial charge < -0.3 is 9.88 Å². The van der Waals surface area contributed by atoms with Crippen molar-refractivity contribution in [3.63, 3.8) is 0 Å². The fraction of sp³-hybridized carbons (Fsp3) is 0.188. The van der Waals surface area contributed by atoms with E-state index >= 15 is 0 Å². The zero-order valence-corrected chi connectivity index (χ0v) is 11.5. The highest BCUT2D eigenvalue weighted by atomic mass is 15.3. The van der Waals surface area contributed by atoms with E-state index in [0.717, 1.165) is 18.8 Å². The largest absolute Gasteiger partial charge is 0.378 e. The topological polar surface area (TPSA) is 34.8 Å². The summed E-state index contributed by atoms with van der Waals surface area (Å²) < 4.78 is 4.00. The number of hydrogen-bond acceptors (Lipinski definition) is 2. The molecule has 0 bridgehead atoms. The Morgan fingerprint density at radius 2 is 1.90 bits per heavy atom. The van der Waals surface area contributed by atoms with Gasteiger partial charge in [-0.15, -0.1) is 0 Å². The molecule has 20 heavy (non-hydrogen) atoms. The van der Waals surface area contributed by atoms with Gasteiger partial charge in [0.05, 0.1) is 18.4 Å². The van der Waals surface area contributed by atoms with Crippen LogP contribution in [-0.2, 0) is 20.1 Å². The summed E-state index contributed by atoms with van der Waals surface area (Å²) >= 11 is 0. The van der Waals surface area contributed by atoms with Gasteiger partial charge in [0.25, 0.3) is 0 Å². The van der Waals surface area contributed by atoms with Crippen LogP contribution in [0.15, 0.2) is 61.2 Å². The molecule has 0 atom stereocenters. The van der Waals surface area contributed by atoms with Crippen LogP contribution in [0.2, 0.25) is 0 Å². The summed E-state index contributed by atoms with van der Waals surface area (Å²) in [6.45, 7) is 1.62. The van der Waals surface area contributed by atoms with Gasteiger partial charge in [-0.25, -0.2) is 0 Å². The molecule has 3 rings (SSSR count). The zero-order chi connectivity index (χ0) is 13.8. The van der Waals surface area contributed by atoms with Crippen LogP contribution >= 0.6 is 0 Å². The molecule has 0 saturated heterocycles. The van der Waals surface area contributed by atoms with E-state index < -0.39 is 0 Å². The van der Waals surface area contributed by atoms with Crippen LogP contribution in [0.3, 0.4) is 0 Å². The first-order valence-corrected chi connectivity index (χ1v) is 6.71. The molecule has 4 nitrogen and oxygen atoms in total. The second-order valence-corrected chi connectivity index (χ2v) is 4.95. The van der Waals surface area contributed by atoms with Crippen molar-refractivity contribution >= 4 is 5.69 Å². The summed E-state index contributed by atoms with van der Waals surface area (Å²) in [7, 11) is 2.03. The van der Waals surface area contributed by atoms with Crippen molar-refractivity contribution in [3.8, 4) is 0 Å². The van der Waals surface area contributed by atoms with Crippen molar-refractivity contribution < 1.29 is 0 Å². The Balaban J connectivity index is 1.59. The van der Waals surface area contributed by atoms with Gasteiger partial charge >= 0.3 is 0 Å². The predicted octanol–water partition coefficient (Wildman–Crippen LogP) is 2.88. The van der Waals surface area contributed by atoms with E-state index in [-0.39, 0.29) is 0 Å². The van der Waals surface area contributed by atoms with Crippen molar-refractivity contribution in [1.82, 2.24) is 14.3 Å². The lowest BCUT2D eigenvalue weighted by molar-refractivity contribution is 0.687. The van der Waals surface area contributed by atoms with Crippen molar-refractivity contribution in [2.75, 3.05) is 5.32 Å². The molecule has 102 valence electrons. The van der Waals surface area contributed by atoms with E-state index in [1.807, 2.05) is 42.3 Å². The minimum Gasteiger partial charge on any atom is -0.378 e. The van der Waals surface area contributed by atoms with Gasteiger partial charge in [0.1, 0.15) is 0 Å². The minimum atomic E-state index is 0.799. The van der Waals surface area contributed by atoms with Crippen molar-refractivity contribution in [2.24, 2.45) is 7.05 Å². The third kappa shape index (κ3) is 3.09. The first-order valence-electron chi connectivity index (χ1n) is 6.71. The third-order valence-electron chi connectivity index (χ3n) is 3.21. The Hall–Kier alpha value is -2.49. The molecule has 0 unspecified atom stereocenters. The van der Waals surface area contributed by atoms with Crippen LogP contribution in [-0.4, -0.2) is 14.3 Å². The van der Waals surface area contributed by atoms with E-state index in [1.165, 1.54) is 11.1 Å². The van der Waals surface area contributed by atoms with Gasteiger partial charge in [0, 0.05) is 32.2 Å². The predicted molar refractivity (Wildman–Crippen MR) is 80.5 cm³/mol. The maximum atomic E-state index is 4.38. The molecular formula is C16H18N4. The molecule has 4 heteroatoms. The number of rotatable bonds is 5. The lowest BCUT2D eigenvalue weighted by Crippen LogP contribution is -2.00. The number of aryl methyl sites for hydroxylation is 1. The van der Waals surface area contributed by atoms with Crippen molar-refractivity contribution in [1.29, 1.82) is 0 Å². The smallest absolute Gasteiger partial charge is 0.0729 e. The molecule has 0 amide bonds. The van der Waals surface area contributed by atoms with Crippen LogP contribution < -0.4 is 5.32 Å². The van der Waals surface area contributed by atoms with Crippen molar-refractivity contribution in [2.45, 2.75) is 13.1 Å². The lowest BCUT2D eigenvalue weighted by Gasteiger charge is -2.02. The lowest BCUT2D eigenvalue weighted by atomic mass is 10.2. The van der Waals surface area contributed by atoms with E-state index in [9.17, 15) is 0 Å². The number of nitrogens with zero attached hydrogens (tertiary/aromatic N) is 3. The van der Waals surface area contributed by atoms with Gasteiger partial charge in [0.15, 0.2) is 0 Å². The van der Waals surface area contributed by atoms with Gasteiger partial charge in [-0.3, -0.25) is 4.68 Å². The number of anilines is 1. The first kappa shape index (κ1) is 12.5. The molecule has 2 heterocycles. The highest BCUT2D eigenvalue weighted by Crippen LogP contribution is 2.10. The molecule has 1 N–H and O–H groups in total. The molecule has 0 aliphatic rings. The maximum Gasteiger partial charge on any atom is 0.0729 e. The number of aromatic nitrogens is 3. The van der Waals surface area contributed by atoms with Crippen LogP contribution in [0.1, 0.15) is 11.1 Å². The fourth-order valence-corrected chi connectivity index (χ4v) is 2.18. The number of benzene rings is 1. The normalized spacial score (nSPS) is 10.7. The summed E-state index contributed by atoms with van der Waals surface area (Å²) in [6, 6.07) is 12.5. The van der Waals surface area contributed by atoms with Gasteiger partial charge in [-0.1, -0.05) is 30.3 Å². The van der Waals surface area contributed by atoms with Gasteiger partial charge in [-0.2, -0.15) is 5.10 Å². The summed E-state index contributed by atoms with van der Waals surface area (Å²) in [5, 5.41) is 7.76. The van der Waals surface area contributed by atoms with E-state index in [4.69, 9.17) is 0 Å². The molecule has 0 spiro atoms. The first-order chi connectivity index (χ1) is 9.79. The van der Waals surface area contributed by atoms with Gasteiger partial charge in [0.2, 0.25) is 0 Å².